The number of carbonyl (C=O) groups is 2. The Morgan fingerprint density at radius 1 is 1.44 bits per heavy atom. The summed E-state index contributed by atoms with van der Waals surface area (Å²) >= 11 is 0. The fraction of sp³-hybridized carbons (Fsp3) is 0.385. The molecular formula is C13H16N2O3. The summed E-state index contributed by atoms with van der Waals surface area (Å²) in [6.07, 6.45) is 0. The van der Waals surface area contributed by atoms with Gasteiger partial charge in [0.25, 0.3) is 0 Å². The van der Waals surface area contributed by atoms with E-state index in [0.717, 1.165) is 5.69 Å². The van der Waals surface area contributed by atoms with Crippen molar-refractivity contribution in [3.8, 4) is 0 Å². The zero-order valence-electron chi connectivity index (χ0n) is 10.7. The molecule has 0 saturated carbocycles. The second-order valence-electron chi connectivity index (χ2n) is 4.79. The first kappa shape index (κ1) is 12.4. The van der Waals surface area contributed by atoms with Crippen LogP contribution in [-0.4, -0.2) is 29.1 Å². The van der Waals surface area contributed by atoms with E-state index in [0.29, 0.717) is 12.2 Å². The monoisotopic (exact) mass is 248 g/mol. The van der Waals surface area contributed by atoms with Crippen LogP contribution >= 0.6 is 0 Å². The third-order valence-electron chi connectivity index (χ3n) is 3.33. The maximum absolute atomic E-state index is 12.0. The number of likely N-dealkylation sites (N-methyl/N-ethyl adjacent to an activating group) is 1. The van der Waals surface area contributed by atoms with E-state index in [9.17, 15) is 9.59 Å². The molecule has 0 aliphatic carbocycles. The fourth-order valence-corrected chi connectivity index (χ4v) is 2.26. The van der Waals surface area contributed by atoms with E-state index < -0.39 is 11.5 Å². The number of hydrogen-bond donors (Lipinski definition) is 2. The molecule has 0 fully saturated rings. The van der Waals surface area contributed by atoms with E-state index in [1.165, 1.54) is 6.07 Å². The SMILES string of the molecule is CCN1c2cc(C(=O)O)ccc2NC(=O)C1(C)C. The number of carboxylic acids is 1. The van der Waals surface area contributed by atoms with Gasteiger partial charge in [-0.05, 0) is 39.0 Å². The van der Waals surface area contributed by atoms with Gasteiger partial charge in [-0.3, -0.25) is 4.79 Å². The molecule has 0 atom stereocenters. The van der Waals surface area contributed by atoms with E-state index in [4.69, 9.17) is 5.11 Å². The van der Waals surface area contributed by atoms with Gasteiger partial charge in [0.15, 0.2) is 0 Å². The molecule has 0 spiro atoms. The van der Waals surface area contributed by atoms with Gasteiger partial charge >= 0.3 is 5.97 Å². The molecule has 1 aliphatic rings. The van der Waals surface area contributed by atoms with Gasteiger partial charge in [-0.1, -0.05) is 0 Å². The number of carbonyl (C=O) groups excluding carboxylic acids is 1. The van der Waals surface area contributed by atoms with Crippen molar-refractivity contribution in [1.29, 1.82) is 0 Å². The van der Waals surface area contributed by atoms with Gasteiger partial charge in [0.05, 0.1) is 16.9 Å². The number of fused-ring (bicyclic) bond motifs is 1. The van der Waals surface area contributed by atoms with Crippen LogP contribution in [0.2, 0.25) is 0 Å². The predicted molar refractivity (Wildman–Crippen MR) is 69.1 cm³/mol. The van der Waals surface area contributed by atoms with Gasteiger partial charge in [0.1, 0.15) is 5.54 Å². The van der Waals surface area contributed by atoms with Crippen molar-refractivity contribution in [2.75, 3.05) is 16.8 Å². The Kier molecular flexibility index (Phi) is 2.77. The Balaban J connectivity index is 2.58. The second-order valence-corrected chi connectivity index (χ2v) is 4.79. The fourth-order valence-electron chi connectivity index (χ4n) is 2.26. The Morgan fingerprint density at radius 3 is 2.67 bits per heavy atom. The minimum absolute atomic E-state index is 0.0834. The quantitative estimate of drug-likeness (QED) is 0.839. The minimum Gasteiger partial charge on any atom is -0.478 e. The first-order valence-electron chi connectivity index (χ1n) is 5.84. The highest BCUT2D eigenvalue weighted by molar-refractivity contribution is 6.07. The Bertz CT molecular complexity index is 523. The zero-order valence-corrected chi connectivity index (χ0v) is 10.7. The van der Waals surface area contributed by atoms with E-state index in [1.54, 1.807) is 12.1 Å². The van der Waals surface area contributed by atoms with Crippen LogP contribution in [0.15, 0.2) is 18.2 Å². The normalized spacial score (nSPS) is 17.1. The number of aromatic carboxylic acids is 1. The highest BCUT2D eigenvalue weighted by Crippen LogP contribution is 2.37. The second kappa shape index (κ2) is 4.01. The molecule has 1 aromatic rings. The van der Waals surface area contributed by atoms with Crippen molar-refractivity contribution >= 4 is 23.3 Å². The molecule has 2 rings (SSSR count). The standard InChI is InChI=1S/C13H16N2O3/c1-4-15-10-7-8(11(16)17)5-6-9(10)14-12(18)13(15,2)3/h5-7H,4H2,1-3H3,(H,14,18)(H,16,17). The summed E-state index contributed by atoms with van der Waals surface area (Å²) in [4.78, 5) is 24.9. The first-order valence-corrected chi connectivity index (χ1v) is 5.84. The van der Waals surface area contributed by atoms with Crippen LogP contribution in [0.4, 0.5) is 11.4 Å². The summed E-state index contributed by atoms with van der Waals surface area (Å²) in [6, 6.07) is 4.73. The van der Waals surface area contributed by atoms with E-state index >= 15 is 0 Å². The van der Waals surface area contributed by atoms with Crippen LogP contribution in [0.3, 0.4) is 0 Å². The molecule has 1 amide bonds. The Labute approximate surface area is 105 Å². The highest BCUT2D eigenvalue weighted by atomic mass is 16.4. The molecule has 18 heavy (non-hydrogen) atoms. The molecule has 96 valence electrons. The van der Waals surface area contributed by atoms with Gasteiger partial charge < -0.3 is 15.3 Å². The molecule has 1 heterocycles. The molecule has 2 N–H and O–H groups in total. The average molecular weight is 248 g/mol. The van der Waals surface area contributed by atoms with Gasteiger partial charge in [-0.15, -0.1) is 0 Å². The van der Waals surface area contributed by atoms with Crippen molar-refractivity contribution in [3.63, 3.8) is 0 Å². The van der Waals surface area contributed by atoms with Crippen molar-refractivity contribution in [2.45, 2.75) is 26.3 Å². The molecule has 5 heteroatoms. The maximum atomic E-state index is 12.0. The third kappa shape index (κ3) is 1.72. The van der Waals surface area contributed by atoms with E-state index in [1.807, 2.05) is 25.7 Å². The summed E-state index contributed by atoms with van der Waals surface area (Å²) in [5.41, 5.74) is 0.950. The number of hydrogen-bond acceptors (Lipinski definition) is 3. The maximum Gasteiger partial charge on any atom is 0.335 e. The lowest BCUT2D eigenvalue weighted by atomic mass is 9.95. The Morgan fingerprint density at radius 2 is 2.11 bits per heavy atom. The summed E-state index contributed by atoms with van der Waals surface area (Å²) in [5, 5.41) is 11.8. The van der Waals surface area contributed by atoms with Crippen LogP contribution in [0, 0.1) is 0 Å². The van der Waals surface area contributed by atoms with Crippen molar-refractivity contribution < 1.29 is 14.7 Å². The lowest BCUT2D eigenvalue weighted by molar-refractivity contribution is -0.120. The molecular weight excluding hydrogens is 232 g/mol. The van der Waals surface area contributed by atoms with Crippen molar-refractivity contribution in [1.82, 2.24) is 0 Å². The number of amides is 1. The number of nitrogens with zero attached hydrogens (tertiary/aromatic N) is 1. The average Bonchev–Trinajstić information content (AvgIpc) is 2.30. The molecule has 1 aromatic carbocycles. The van der Waals surface area contributed by atoms with Crippen LogP contribution in [-0.2, 0) is 4.79 Å². The lowest BCUT2D eigenvalue weighted by Gasteiger charge is -2.43. The third-order valence-corrected chi connectivity index (χ3v) is 3.33. The number of carboxylic acid groups (broad SMARTS) is 1. The van der Waals surface area contributed by atoms with Gasteiger partial charge in [-0.2, -0.15) is 0 Å². The number of rotatable bonds is 2. The molecule has 0 radical (unpaired) electrons. The van der Waals surface area contributed by atoms with Crippen molar-refractivity contribution in [2.24, 2.45) is 0 Å². The summed E-state index contributed by atoms with van der Waals surface area (Å²) in [7, 11) is 0. The number of benzene rings is 1. The van der Waals surface area contributed by atoms with Crippen LogP contribution in [0.25, 0.3) is 0 Å². The van der Waals surface area contributed by atoms with Crippen LogP contribution < -0.4 is 10.2 Å². The van der Waals surface area contributed by atoms with Gasteiger partial charge in [-0.25, -0.2) is 4.79 Å². The van der Waals surface area contributed by atoms with Crippen LogP contribution in [0.1, 0.15) is 31.1 Å². The van der Waals surface area contributed by atoms with Gasteiger partial charge in [0.2, 0.25) is 5.91 Å². The van der Waals surface area contributed by atoms with Crippen molar-refractivity contribution in [3.05, 3.63) is 23.8 Å². The molecule has 0 unspecified atom stereocenters. The highest BCUT2D eigenvalue weighted by Gasteiger charge is 2.39. The van der Waals surface area contributed by atoms with Crippen LogP contribution in [0.5, 0.6) is 0 Å². The molecule has 0 saturated heterocycles. The molecule has 1 aliphatic heterocycles. The minimum atomic E-state index is -0.969. The smallest absolute Gasteiger partial charge is 0.335 e. The van der Waals surface area contributed by atoms with E-state index in [-0.39, 0.29) is 11.5 Å². The number of anilines is 2. The summed E-state index contributed by atoms with van der Waals surface area (Å²) in [5.74, 6) is -1.05. The first-order chi connectivity index (χ1) is 8.37. The predicted octanol–water partition coefficient (Wildman–Crippen LogP) is 1.94. The summed E-state index contributed by atoms with van der Waals surface area (Å²) in [6.45, 7) is 6.22. The Hall–Kier alpha value is -2.04. The topological polar surface area (TPSA) is 69.6 Å². The lowest BCUT2D eigenvalue weighted by Crippen LogP contribution is -2.56. The molecule has 0 bridgehead atoms. The zero-order chi connectivity index (χ0) is 13.5. The molecule has 0 aromatic heterocycles. The summed E-state index contributed by atoms with van der Waals surface area (Å²) < 4.78 is 0. The number of nitrogens with one attached hydrogen (secondary N) is 1. The molecule has 5 nitrogen and oxygen atoms in total. The van der Waals surface area contributed by atoms with E-state index in [2.05, 4.69) is 5.32 Å². The van der Waals surface area contributed by atoms with Gasteiger partial charge in [0, 0.05) is 6.54 Å². The largest absolute Gasteiger partial charge is 0.478 e.